The Balaban J connectivity index is 1.57. The lowest BCUT2D eigenvalue weighted by Crippen LogP contribution is -2.54. The van der Waals surface area contributed by atoms with Gasteiger partial charge in [-0.1, -0.05) is 63.6 Å². The van der Waals surface area contributed by atoms with Crippen LogP contribution in [0.2, 0.25) is 0 Å². The summed E-state index contributed by atoms with van der Waals surface area (Å²) in [5.74, 6) is 1.98. The molecule has 0 aliphatic heterocycles. The van der Waals surface area contributed by atoms with Crippen LogP contribution in [0.15, 0.2) is 23.3 Å². The maximum atomic E-state index is 12.5. The quantitative estimate of drug-likeness (QED) is 0.0997. The summed E-state index contributed by atoms with van der Waals surface area (Å²) in [5, 5.41) is 0. The summed E-state index contributed by atoms with van der Waals surface area (Å²) >= 11 is 9.51. The normalized spacial score (nSPS) is 33.9. The van der Waals surface area contributed by atoms with Gasteiger partial charge >= 0.3 is 12.3 Å². The van der Waals surface area contributed by atoms with E-state index in [0.29, 0.717) is 36.5 Å². The topological polar surface area (TPSA) is 98.8 Å². The van der Waals surface area contributed by atoms with Crippen molar-refractivity contribution in [2.24, 2.45) is 40.4 Å². The number of thiocarbonyl (C=S) groups is 1. The maximum Gasteiger partial charge on any atom is 0.508 e. The van der Waals surface area contributed by atoms with Crippen LogP contribution in [-0.2, 0) is 33.2 Å². The van der Waals surface area contributed by atoms with E-state index in [-0.39, 0.29) is 28.6 Å². The summed E-state index contributed by atoms with van der Waals surface area (Å²) < 4.78 is 38.7. The average Bonchev–Trinajstić information content (AvgIpc) is 3.36. The van der Waals surface area contributed by atoms with Gasteiger partial charge in [-0.3, -0.25) is 0 Å². The summed E-state index contributed by atoms with van der Waals surface area (Å²) in [4.78, 5) is 24.4. The Kier molecular flexibility index (Phi) is 11.9. The number of hydrogen-bond donors (Lipinski definition) is 1. The van der Waals surface area contributed by atoms with E-state index in [2.05, 4.69) is 52.5 Å². The number of carbonyl (C=O) groups is 2. The maximum absolute atomic E-state index is 12.5. The van der Waals surface area contributed by atoms with Crippen LogP contribution in [0, 0.1) is 40.4 Å². The largest absolute Gasteiger partial charge is 0.508 e. The molecule has 0 heterocycles. The van der Waals surface area contributed by atoms with Crippen LogP contribution in [0.25, 0.3) is 0 Å². The van der Waals surface area contributed by atoms with Gasteiger partial charge in [-0.25, -0.2) is 9.59 Å². The van der Waals surface area contributed by atoms with Gasteiger partial charge in [-0.2, -0.15) is 0 Å². The van der Waals surface area contributed by atoms with Crippen molar-refractivity contribution >= 4 is 41.5 Å². The van der Waals surface area contributed by atoms with E-state index in [9.17, 15) is 9.59 Å². The summed E-state index contributed by atoms with van der Waals surface area (Å²) in [6.45, 7) is 13.6. The summed E-state index contributed by atoms with van der Waals surface area (Å²) in [6.07, 6.45) is 7.97. The molecule has 3 fully saturated rings. The van der Waals surface area contributed by atoms with Crippen molar-refractivity contribution in [3.8, 4) is 0 Å². The molecule has 0 aromatic carbocycles. The summed E-state index contributed by atoms with van der Waals surface area (Å²) in [6, 6.07) is 0. The molecule has 0 unspecified atom stereocenters. The minimum atomic E-state index is -0.732. The standard InChI is InChI=1S/C35H54O9S2/c1-20(16-28(44-32(45)46)33(3,4)41-19-38-7)21(2)25-12-13-26-24-11-10-22-17-23(42-30(36)39-8)18-29(43-31(37)40-9)35(22,6)27(24)14-15-34(25,26)5/h10-11,20-21,23,25-29H,12-19H2,1-9H3,(H,45,46)/t20-,21-,23+,25+,26-,27-,28-,29-,34+,35-/m0/s1. The van der Waals surface area contributed by atoms with Crippen molar-refractivity contribution in [1.82, 2.24) is 0 Å². The Morgan fingerprint density at radius 1 is 1.02 bits per heavy atom. The molecule has 0 aromatic heterocycles. The van der Waals surface area contributed by atoms with E-state index < -0.39 is 35.5 Å². The second kappa shape index (κ2) is 14.7. The predicted octanol–water partition coefficient (Wildman–Crippen LogP) is 8.06. The average molecular weight is 683 g/mol. The fourth-order valence-electron chi connectivity index (χ4n) is 9.37. The summed E-state index contributed by atoms with van der Waals surface area (Å²) in [7, 11) is 4.23. The number of carbonyl (C=O) groups excluding carboxylic acids is 2. The Morgan fingerprint density at radius 3 is 2.33 bits per heavy atom. The number of hydrogen-bond acceptors (Lipinski definition) is 10. The fourth-order valence-corrected chi connectivity index (χ4v) is 9.61. The van der Waals surface area contributed by atoms with E-state index >= 15 is 0 Å². The monoisotopic (exact) mass is 682 g/mol. The number of methoxy groups -OCH3 is 3. The third-order valence-corrected chi connectivity index (χ3v) is 12.4. The van der Waals surface area contributed by atoms with Gasteiger partial charge in [-0.05, 0) is 93.2 Å². The zero-order chi connectivity index (χ0) is 34.0. The van der Waals surface area contributed by atoms with Gasteiger partial charge in [0.1, 0.15) is 30.7 Å². The number of rotatable bonds is 11. The minimum absolute atomic E-state index is 0.138. The highest BCUT2D eigenvalue weighted by Crippen LogP contribution is 2.66. The lowest BCUT2D eigenvalue weighted by Gasteiger charge is -2.57. The Morgan fingerprint density at radius 2 is 1.70 bits per heavy atom. The van der Waals surface area contributed by atoms with Crippen molar-refractivity contribution in [1.29, 1.82) is 0 Å². The van der Waals surface area contributed by atoms with Crippen LogP contribution >= 0.6 is 24.8 Å². The highest BCUT2D eigenvalue weighted by Gasteiger charge is 2.60. The molecular formula is C35H54O9S2. The predicted molar refractivity (Wildman–Crippen MR) is 182 cm³/mol. The molecule has 4 rings (SSSR count). The molecule has 0 N–H and O–H groups in total. The molecule has 3 saturated carbocycles. The number of allylic oxidation sites excluding steroid dienone is 3. The van der Waals surface area contributed by atoms with E-state index in [1.165, 1.54) is 19.8 Å². The van der Waals surface area contributed by atoms with E-state index in [0.717, 1.165) is 37.7 Å². The van der Waals surface area contributed by atoms with Gasteiger partial charge < -0.3 is 33.2 Å². The lowest BCUT2D eigenvalue weighted by atomic mass is 9.49. The van der Waals surface area contributed by atoms with Gasteiger partial charge in [0.2, 0.25) is 4.38 Å². The molecule has 0 radical (unpaired) electrons. The molecule has 10 atom stereocenters. The van der Waals surface area contributed by atoms with E-state index in [1.54, 1.807) is 7.11 Å². The van der Waals surface area contributed by atoms with Crippen LogP contribution in [0.1, 0.15) is 86.5 Å². The Bertz CT molecular complexity index is 1200. The van der Waals surface area contributed by atoms with Crippen LogP contribution in [0.3, 0.4) is 0 Å². The number of thiol groups is 1. The van der Waals surface area contributed by atoms with Crippen molar-refractivity contribution in [3.05, 3.63) is 23.3 Å². The van der Waals surface area contributed by atoms with Gasteiger partial charge in [0.15, 0.2) is 0 Å². The van der Waals surface area contributed by atoms with Crippen LogP contribution in [0.5, 0.6) is 0 Å². The molecule has 260 valence electrons. The molecule has 4 aliphatic rings. The van der Waals surface area contributed by atoms with Gasteiger partial charge in [-0.15, -0.1) is 0 Å². The van der Waals surface area contributed by atoms with Crippen molar-refractivity contribution in [2.75, 3.05) is 28.1 Å². The third kappa shape index (κ3) is 7.27. The molecule has 11 heteroatoms. The summed E-state index contributed by atoms with van der Waals surface area (Å²) in [5.41, 5.74) is 1.72. The lowest BCUT2D eigenvalue weighted by molar-refractivity contribution is -0.159. The first kappa shape index (κ1) is 37.0. The number of ether oxygens (including phenoxy) is 7. The SMILES string of the molecule is COCOC(C)(C)[C@H](C[C@H](C)[C@H](C)[C@H]1CC[C@H]2C3=CC=C4C[C@@H](OC(=O)OC)C[C@H](OC(=O)OC)[C@]4(C)[C@H]3CC[C@]12C)OC(=S)S. The molecule has 0 saturated heterocycles. The molecule has 4 aliphatic carbocycles. The number of fused-ring (bicyclic) bond motifs is 5. The third-order valence-electron chi connectivity index (χ3n) is 12.2. The zero-order valence-corrected chi connectivity index (χ0v) is 30.7. The molecule has 0 bridgehead atoms. The molecule has 46 heavy (non-hydrogen) atoms. The molecule has 0 spiro atoms. The highest BCUT2D eigenvalue weighted by atomic mass is 32.1. The molecule has 0 aromatic rings. The Labute approximate surface area is 285 Å². The van der Waals surface area contributed by atoms with Gasteiger partial charge in [0.05, 0.1) is 14.2 Å². The van der Waals surface area contributed by atoms with E-state index in [1.807, 2.05) is 13.8 Å². The van der Waals surface area contributed by atoms with Gasteiger partial charge in [0.25, 0.3) is 0 Å². The zero-order valence-electron chi connectivity index (χ0n) is 29.0. The van der Waals surface area contributed by atoms with Crippen molar-refractivity contribution in [3.63, 3.8) is 0 Å². The first-order chi connectivity index (χ1) is 21.6. The smallest absolute Gasteiger partial charge is 0.472 e. The van der Waals surface area contributed by atoms with Gasteiger partial charge in [0, 0.05) is 25.4 Å². The van der Waals surface area contributed by atoms with Crippen molar-refractivity contribution < 1.29 is 42.7 Å². The van der Waals surface area contributed by atoms with E-state index in [4.69, 9.17) is 45.4 Å². The van der Waals surface area contributed by atoms with Crippen LogP contribution < -0.4 is 0 Å². The first-order valence-electron chi connectivity index (χ1n) is 16.5. The molecule has 9 nitrogen and oxygen atoms in total. The Hall–Kier alpha value is -1.82. The molecular weight excluding hydrogens is 629 g/mol. The second-order valence-corrected chi connectivity index (χ2v) is 15.8. The fraction of sp³-hybridized carbons (Fsp3) is 0.800. The second-order valence-electron chi connectivity index (χ2n) is 14.8. The minimum Gasteiger partial charge on any atom is -0.472 e. The highest BCUT2D eigenvalue weighted by molar-refractivity contribution is 8.10. The molecule has 0 amide bonds. The first-order valence-corrected chi connectivity index (χ1v) is 17.4. The van der Waals surface area contributed by atoms with Crippen LogP contribution in [0.4, 0.5) is 9.59 Å². The van der Waals surface area contributed by atoms with Crippen LogP contribution in [-0.4, -0.2) is 68.7 Å². The van der Waals surface area contributed by atoms with Crippen molar-refractivity contribution in [2.45, 2.75) is 110 Å².